The molecule has 0 aliphatic heterocycles. The van der Waals surface area contributed by atoms with Gasteiger partial charge in [0.1, 0.15) is 0 Å². The van der Waals surface area contributed by atoms with E-state index in [1.54, 1.807) is 7.05 Å². The first-order valence-corrected chi connectivity index (χ1v) is 5.32. The summed E-state index contributed by atoms with van der Waals surface area (Å²) in [7, 11) is 1.62. The minimum atomic E-state index is -0.102. The largest absolute Gasteiger partial charge is 0.341 e. The van der Waals surface area contributed by atoms with Gasteiger partial charge in [0, 0.05) is 13.6 Å². The number of hydrogen-bond donors (Lipinski definition) is 2. The Morgan fingerprint density at radius 3 is 2.60 bits per heavy atom. The predicted octanol–water partition coefficient (Wildman–Crippen LogP) is 1.94. The van der Waals surface area contributed by atoms with Crippen LogP contribution < -0.4 is 10.6 Å². The van der Waals surface area contributed by atoms with Crippen molar-refractivity contribution in [1.82, 2.24) is 10.6 Å². The molecule has 2 amide bonds. The molecule has 0 spiro atoms. The van der Waals surface area contributed by atoms with Gasteiger partial charge in [0.05, 0.1) is 0 Å². The standard InChI is InChI=1S/C12H18N2O/c1-13-12(15)14-10-6-5-9-11-7-3-2-4-8-11/h2-4,7-8H,5-6,9-10H2,1H3,(H2,13,14,15). The van der Waals surface area contributed by atoms with Crippen molar-refractivity contribution in [3.63, 3.8) is 0 Å². The van der Waals surface area contributed by atoms with Crippen LogP contribution in [0.25, 0.3) is 0 Å². The van der Waals surface area contributed by atoms with E-state index in [0.717, 1.165) is 25.8 Å². The maximum atomic E-state index is 10.8. The molecule has 0 unspecified atom stereocenters. The molecule has 0 saturated heterocycles. The first-order chi connectivity index (χ1) is 7.33. The molecule has 0 aliphatic rings. The average molecular weight is 206 g/mol. The average Bonchev–Trinajstić information content (AvgIpc) is 2.29. The van der Waals surface area contributed by atoms with E-state index in [4.69, 9.17) is 0 Å². The van der Waals surface area contributed by atoms with Crippen molar-refractivity contribution in [2.45, 2.75) is 19.3 Å². The minimum absolute atomic E-state index is 0.102. The number of urea groups is 1. The van der Waals surface area contributed by atoms with Crippen LogP contribution in [0.1, 0.15) is 18.4 Å². The van der Waals surface area contributed by atoms with Crippen molar-refractivity contribution in [3.8, 4) is 0 Å². The predicted molar refractivity (Wildman–Crippen MR) is 61.8 cm³/mol. The summed E-state index contributed by atoms with van der Waals surface area (Å²) in [6, 6.07) is 10.3. The summed E-state index contributed by atoms with van der Waals surface area (Å²) in [5.74, 6) is 0. The van der Waals surface area contributed by atoms with Gasteiger partial charge in [-0.15, -0.1) is 0 Å². The van der Waals surface area contributed by atoms with E-state index in [1.165, 1.54) is 5.56 Å². The van der Waals surface area contributed by atoms with E-state index in [2.05, 4.69) is 34.9 Å². The summed E-state index contributed by atoms with van der Waals surface area (Å²) in [6.07, 6.45) is 3.20. The zero-order chi connectivity index (χ0) is 10.9. The minimum Gasteiger partial charge on any atom is -0.341 e. The molecule has 0 aliphatic carbocycles. The van der Waals surface area contributed by atoms with Crippen molar-refractivity contribution in [1.29, 1.82) is 0 Å². The molecule has 3 heteroatoms. The SMILES string of the molecule is CNC(=O)NCCCCc1ccccc1. The Morgan fingerprint density at radius 1 is 1.20 bits per heavy atom. The van der Waals surface area contributed by atoms with Gasteiger partial charge in [0.15, 0.2) is 0 Å². The first-order valence-electron chi connectivity index (χ1n) is 5.32. The Hall–Kier alpha value is -1.51. The second kappa shape index (κ2) is 6.87. The highest BCUT2D eigenvalue weighted by atomic mass is 16.2. The van der Waals surface area contributed by atoms with Crippen LogP contribution in [0.15, 0.2) is 30.3 Å². The maximum absolute atomic E-state index is 10.8. The lowest BCUT2D eigenvalue weighted by Gasteiger charge is -2.04. The van der Waals surface area contributed by atoms with Gasteiger partial charge in [-0.05, 0) is 24.8 Å². The van der Waals surface area contributed by atoms with Crippen LogP contribution >= 0.6 is 0 Å². The number of carbonyl (C=O) groups excluding carboxylic acids is 1. The summed E-state index contributed by atoms with van der Waals surface area (Å²) in [4.78, 5) is 10.8. The molecular weight excluding hydrogens is 188 g/mol. The van der Waals surface area contributed by atoms with Crippen molar-refractivity contribution in [2.24, 2.45) is 0 Å². The van der Waals surface area contributed by atoms with Crippen LogP contribution in [0.5, 0.6) is 0 Å². The van der Waals surface area contributed by atoms with Gasteiger partial charge >= 0.3 is 6.03 Å². The van der Waals surface area contributed by atoms with Crippen LogP contribution in [0.4, 0.5) is 4.79 Å². The zero-order valence-electron chi connectivity index (χ0n) is 9.12. The Kier molecular flexibility index (Phi) is 5.30. The van der Waals surface area contributed by atoms with Crippen LogP contribution in [-0.2, 0) is 6.42 Å². The number of carbonyl (C=O) groups is 1. The molecule has 0 heterocycles. The molecule has 3 nitrogen and oxygen atoms in total. The molecule has 1 aromatic carbocycles. The smallest absolute Gasteiger partial charge is 0.314 e. The second-order valence-electron chi connectivity index (χ2n) is 3.45. The highest BCUT2D eigenvalue weighted by molar-refractivity contribution is 5.73. The highest BCUT2D eigenvalue weighted by Gasteiger charge is 1.95. The number of aryl methyl sites for hydroxylation is 1. The van der Waals surface area contributed by atoms with Gasteiger partial charge in [0.25, 0.3) is 0 Å². The number of amides is 2. The third kappa shape index (κ3) is 5.05. The van der Waals surface area contributed by atoms with E-state index >= 15 is 0 Å². The van der Waals surface area contributed by atoms with Crippen molar-refractivity contribution < 1.29 is 4.79 Å². The van der Waals surface area contributed by atoms with Crippen LogP contribution in [0, 0.1) is 0 Å². The van der Waals surface area contributed by atoms with Gasteiger partial charge in [-0.3, -0.25) is 0 Å². The molecule has 1 rings (SSSR count). The number of rotatable bonds is 5. The van der Waals surface area contributed by atoms with E-state index in [1.807, 2.05) is 6.07 Å². The van der Waals surface area contributed by atoms with Crippen molar-refractivity contribution in [2.75, 3.05) is 13.6 Å². The highest BCUT2D eigenvalue weighted by Crippen LogP contribution is 2.03. The van der Waals surface area contributed by atoms with Gasteiger partial charge in [-0.1, -0.05) is 30.3 Å². The normalized spacial score (nSPS) is 9.67. The van der Waals surface area contributed by atoms with Gasteiger partial charge < -0.3 is 10.6 Å². The number of benzene rings is 1. The Morgan fingerprint density at radius 2 is 1.93 bits per heavy atom. The molecular formula is C12H18N2O. The van der Waals surface area contributed by atoms with Gasteiger partial charge in [-0.25, -0.2) is 4.79 Å². The van der Waals surface area contributed by atoms with Crippen molar-refractivity contribution >= 4 is 6.03 Å². The molecule has 0 aromatic heterocycles. The van der Waals surface area contributed by atoms with Crippen LogP contribution in [0.2, 0.25) is 0 Å². The van der Waals surface area contributed by atoms with E-state index in [9.17, 15) is 4.79 Å². The van der Waals surface area contributed by atoms with Crippen molar-refractivity contribution in [3.05, 3.63) is 35.9 Å². The number of unbranched alkanes of at least 4 members (excludes halogenated alkanes) is 1. The quantitative estimate of drug-likeness (QED) is 0.710. The molecule has 0 radical (unpaired) electrons. The first kappa shape index (κ1) is 11.6. The molecule has 0 atom stereocenters. The number of hydrogen-bond acceptors (Lipinski definition) is 1. The molecule has 1 aromatic rings. The number of nitrogens with one attached hydrogen (secondary N) is 2. The fourth-order valence-electron chi connectivity index (χ4n) is 1.39. The fraction of sp³-hybridized carbons (Fsp3) is 0.417. The lowest BCUT2D eigenvalue weighted by molar-refractivity contribution is 0.242. The zero-order valence-corrected chi connectivity index (χ0v) is 9.12. The van der Waals surface area contributed by atoms with E-state index in [-0.39, 0.29) is 6.03 Å². The topological polar surface area (TPSA) is 41.1 Å². The van der Waals surface area contributed by atoms with Crippen LogP contribution in [-0.4, -0.2) is 19.6 Å². The lowest BCUT2D eigenvalue weighted by Crippen LogP contribution is -2.33. The van der Waals surface area contributed by atoms with Crippen LogP contribution in [0.3, 0.4) is 0 Å². The third-order valence-corrected chi connectivity index (χ3v) is 2.25. The monoisotopic (exact) mass is 206 g/mol. The second-order valence-corrected chi connectivity index (χ2v) is 3.45. The Labute approximate surface area is 90.9 Å². The molecule has 0 saturated carbocycles. The van der Waals surface area contributed by atoms with Gasteiger partial charge in [-0.2, -0.15) is 0 Å². The summed E-state index contributed by atoms with van der Waals surface area (Å²) in [5.41, 5.74) is 1.36. The summed E-state index contributed by atoms with van der Waals surface area (Å²) < 4.78 is 0. The Balaban J connectivity index is 2.05. The fourth-order valence-corrected chi connectivity index (χ4v) is 1.39. The summed E-state index contributed by atoms with van der Waals surface area (Å²) in [5, 5.41) is 5.29. The summed E-state index contributed by atoms with van der Waals surface area (Å²) >= 11 is 0. The van der Waals surface area contributed by atoms with Gasteiger partial charge in [0.2, 0.25) is 0 Å². The molecule has 82 valence electrons. The van der Waals surface area contributed by atoms with E-state index in [0.29, 0.717) is 0 Å². The molecule has 0 fully saturated rings. The lowest BCUT2D eigenvalue weighted by atomic mass is 10.1. The Bertz CT molecular complexity index is 285. The molecule has 2 N–H and O–H groups in total. The molecule has 0 bridgehead atoms. The molecule has 15 heavy (non-hydrogen) atoms. The summed E-state index contributed by atoms with van der Waals surface area (Å²) in [6.45, 7) is 0.743. The van der Waals surface area contributed by atoms with E-state index < -0.39 is 0 Å². The third-order valence-electron chi connectivity index (χ3n) is 2.25. The maximum Gasteiger partial charge on any atom is 0.314 e.